The second-order valence-corrected chi connectivity index (χ2v) is 5.44. The van der Waals surface area contributed by atoms with Gasteiger partial charge in [0.2, 0.25) is 0 Å². The minimum absolute atomic E-state index is 0.130. The second kappa shape index (κ2) is 4.62. The van der Waals surface area contributed by atoms with Crippen LogP contribution in [0.25, 0.3) is 5.82 Å². The van der Waals surface area contributed by atoms with Gasteiger partial charge in [0.1, 0.15) is 0 Å². The molecule has 1 N–H and O–H groups in total. The highest BCUT2D eigenvalue weighted by molar-refractivity contribution is 6.34. The maximum Gasteiger partial charge on any atom is 0.358 e. The monoisotopic (exact) mass is 280 g/mol. The largest absolute Gasteiger partial charge is 0.476 e. The summed E-state index contributed by atoms with van der Waals surface area (Å²) in [6.07, 6.45) is 1.53. The molecule has 2 rings (SSSR count). The Morgan fingerprint density at radius 1 is 1.42 bits per heavy atom. The maximum absolute atomic E-state index is 11.1. The number of rotatable bonds is 2. The Labute approximate surface area is 115 Å². The Morgan fingerprint density at radius 2 is 2.11 bits per heavy atom. The minimum atomic E-state index is -1.17. The van der Waals surface area contributed by atoms with Gasteiger partial charge in [-0.25, -0.2) is 9.48 Å². The summed E-state index contributed by atoms with van der Waals surface area (Å²) in [4.78, 5) is 11.1. The fourth-order valence-electron chi connectivity index (χ4n) is 1.75. The van der Waals surface area contributed by atoms with Crippen LogP contribution in [-0.4, -0.2) is 31.1 Å². The van der Waals surface area contributed by atoms with Gasteiger partial charge in [-0.15, -0.1) is 5.10 Å². The van der Waals surface area contributed by atoms with Crippen molar-refractivity contribution in [2.24, 2.45) is 0 Å². The number of hydrogen-bond donors (Lipinski definition) is 1. The summed E-state index contributed by atoms with van der Waals surface area (Å²) in [5.41, 5.74) is 0.0271. The number of halogens is 1. The third-order valence-corrected chi connectivity index (χ3v) is 2.87. The Hall–Kier alpha value is -1.95. The van der Waals surface area contributed by atoms with Crippen molar-refractivity contribution in [3.63, 3.8) is 0 Å². The first-order valence-corrected chi connectivity index (χ1v) is 6.00. The van der Waals surface area contributed by atoms with Crippen molar-refractivity contribution in [3.05, 3.63) is 34.7 Å². The van der Waals surface area contributed by atoms with Gasteiger partial charge in [0.25, 0.3) is 0 Å². The van der Waals surface area contributed by atoms with E-state index in [2.05, 4.69) is 15.3 Å². The molecule has 0 saturated carbocycles. The van der Waals surface area contributed by atoms with Crippen LogP contribution in [0, 0.1) is 0 Å². The highest BCUT2D eigenvalue weighted by atomic mass is 35.5. The highest BCUT2D eigenvalue weighted by Gasteiger charge is 2.30. The molecule has 2 aromatic rings. The smallest absolute Gasteiger partial charge is 0.358 e. The van der Waals surface area contributed by atoms with Gasteiger partial charge in [0, 0.05) is 11.6 Å². The zero-order valence-corrected chi connectivity index (χ0v) is 11.5. The van der Waals surface area contributed by atoms with E-state index >= 15 is 0 Å². The first-order chi connectivity index (χ1) is 8.82. The van der Waals surface area contributed by atoms with Crippen LogP contribution >= 0.6 is 11.6 Å². The molecule has 0 aliphatic heterocycles. The van der Waals surface area contributed by atoms with Crippen LogP contribution in [0.2, 0.25) is 5.02 Å². The summed E-state index contributed by atoms with van der Waals surface area (Å²) >= 11 is 6.15. The molecule has 6 nitrogen and oxygen atoms in total. The van der Waals surface area contributed by atoms with Gasteiger partial charge in [-0.05, 0) is 12.1 Å². The second-order valence-electron chi connectivity index (χ2n) is 5.06. The minimum Gasteiger partial charge on any atom is -0.476 e. The molecule has 100 valence electrons. The number of carboxylic acids is 1. The van der Waals surface area contributed by atoms with Crippen LogP contribution in [0.4, 0.5) is 0 Å². The van der Waals surface area contributed by atoms with Crippen LogP contribution in [0.15, 0.2) is 18.3 Å². The fourth-order valence-corrected chi connectivity index (χ4v) is 2.24. The molecule has 0 amide bonds. The molecule has 0 radical (unpaired) electrons. The zero-order chi connectivity index (χ0) is 14.2. The molecule has 0 spiro atoms. The van der Waals surface area contributed by atoms with E-state index in [-0.39, 0.29) is 16.1 Å². The van der Waals surface area contributed by atoms with Gasteiger partial charge in [0.15, 0.2) is 11.5 Å². The van der Waals surface area contributed by atoms with Crippen LogP contribution in [0.3, 0.4) is 0 Å². The average molecular weight is 281 g/mol. The van der Waals surface area contributed by atoms with Crippen molar-refractivity contribution >= 4 is 17.6 Å². The normalized spacial score (nSPS) is 11.6. The molecule has 7 heteroatoms. The molecule has 2 aromatic heterocycles. The Bertz CT molecular complexity index is 617. The first-order valence-electron chi connectivity index (χ1n) is 5.62. The van der Waals surface area contributed by atoms with Crippen molar-refractivity contribution in [3.8, 4) is 5.82 Å². The van der Waals surface area contributed by atoms with Gasteiger partial charge in [-0.1, -0.05) is 32.4 Å². The van der Waals surface area contributed by atoms with Gasteiger partial charge in [-0.2, -0.15) is 10.2 Å². The Kier molecular flexibility index (Phi) is 3.28. The van der Waals surface area contributed by atoms with Crippen LogP contribution in [0.5, 0.6) is 0 Å². The van der Waals surface area contributed by atoms with Gasteiger partial charge in [0.05, 0.1) is 10.7 Å². The summed E-state index contributed by atoms with van der Waals surface area (Å²) in [5, 5.41) is 21.0. The molecule has 0 fully saturated rings. The van der Waals surface area contributed by atoms with E-state index in [4.69, 9.17) is 16.7 Å². The molecular weight excluding hydrogens is 268 g/mol. The predicted octanol–water partition coefficient (Wildman–Crippen LogP) is 2.31. The van der Waals surface area contributed by atoms with E-state index in [0.717, 1.165) is 0 Å². The topological polar surface area (TPSA) is 80.9 Å². The molecule has 0 aliphatic carbocycles. The summed E-state index contributed by atoms with van der Waals surface area (Å²) in [5.74, 6) is -0.736. The van der Waals surface area contributed by atoms with E-state index < -0.39 is 5.97 Å². The van der Waals surface area contributed by atoms with Crippen molar-refractivity contribution in [1.29, 1.82) is 0 Å². The Morgan fingerprint density at radius 3 is 2.58 bits per heavy atom. The van der Waals surface area contributed by atoms with Crippen molar-refractivity contribution in [2.45, 2.75) is 26.2 Å². The number of carbonyl (C=O) groups is 1. The van der Waals surface area contributed by atoms with E-state index in [1.165, 1.54) is 10.9 Å². The third kappa shape index (κ3) is 2.44. The van der Waals surface area contributed by atoms with Crippen LogP contribution < -0.4 is 0 Å². The molecule has 0 aliphatic rings. The predicted molar refractivity (Wildman–Crippen MR) is 69.8 cm³/mol. The Balaban J connectivity index is 2.74. The number of aromatic carboxylic acids is 1. The summed E-state index contributed by atoms with van der Waals surface area (Å²) in [7, 11) is 0. The number of hydrogen-bond acceptors (Lipinski definition) is 4. The van der Waals surface area contributed by atoms with Crippen LogP contribution in [0.1, 0.15) is 37.0 Å². The van der Waals surface area contributed by atoms with Crippen molar-refractivity contribution in [1.82, 2.24) is 20.0 Å². The lowest BCUT2D eigenvalue weighted by Gasteiger charge is -2.20. The standard InChI is InChI=1S/C12H13ClN4O2/c1-12(2,3)10-8(13)9(11(18)19)16-17(10)7-5-4-6-14-15-7/h4-6H,1-3H3,(H,18,19). The summed E-state index contributed by atoms with van der Waals surface area (Å²) < 4.78 is 1.43. The van der Waals surface area contributed by atoms with E-state index in [0.29, 0.717) is 11.5 Å². The van der Waals surface area contributed by atoms with E-state index in [1.54, 1.807) is 12.1 Å². The summed E-state index contributed by atoms with van der Waals surface area (Å²) in [6.45, 7) is 5.77. The maximum atomic E-state index is 11.1. The molecule has 0 unspecified atom stereocenters. The molecule has 0 aromatic carbocycles. The first kappa shape index (κ1) is 13.5. The van der Waals surface area contributed by atoms with Crippen LogP contribution in [-0.2, 0) is 5.41 Å². The molecule has 19 heavy (non-hydrogen) atoms. The SMILES string of the molecule is CC(C)(C)c1c(Cl)c(C(=O)O)nn1-c1cccnn1. The van der Waals surface area contributed by atoms with Gasteiger partial charge >= 0.3 is 5.97 Å². The van der Waals surface area contributed by atoms with Gasteiger partial charge < -0.3 is 5.11 Å². The van der Waals surface area contributed by atoms with E-state index in [9.17, 15) is 4.79 Å². The lowest BCUT2D eigenvalue weighted by atomic mass is 9.91. The lowest BCUT2D eigenvalue weighted by Crippen LogP contribution is -2.18. The number of aromatic nitrogens is 4. The van der Waals surface area contributed by atoms with Gasteiger partial charge in [-0.3, -0.25) is 0 Å². The highest BCUT2D eigenvalue weighted by Crippen LogP contribution is 2.33. The molecule has 2 heterocycles. The fraction of sp³-hybridized carbons (Fsp3) is 0.333. The summed E-state index contributed by atoms with van der Waals surface area (Å²) in [6, 6.07) is 3.39. The molecular formula is C12H13ClN4O2. The number of nitrogens with zero attached hydrogens (tertiary/aromatic N) is 4. The third-order valence-electron chi connectivity index (χ3n) is 2.52. The van der Waals surface area contributed by atoms with E-state index in [1.807, 2.05) is 20.8 Å². The lowest BCUT2D eigenvalue weighted by molar-refractivity contribution is 0.0690. The number of carboxylic acid groups (broad SMARTS) is 1. The van der Waals surface area contributed by atoms with Crippen molar-refractivity contribution in [2.75, 3.05) is 0 Å². The quantitative estimate of drug-likeness (QED) is 0.913. The average Bonchev–Trinajstić information content (AvgIpc) is 2.68. The molecule has 0 atom stereocenters. The zero-order valence-electron chi connectivity index (χ0n) is 10.8. The molecule has 0 saturated heterocycles. The molecule has 0 bridgehead atoms. The van der Waals surface area contributed by atoms with Crippen molar-refractivity contribution < 1.29 is 9.90 Å².